The van der Waals surface area contributed by atoms with E-state index in [-0.39, 0.29) is 6.42 Å². The minimum absolute atomic E-state index is 0.163. The third-order valence-electron chi connectivity index (χ3n) is 2.76. The molecular formula is C14H15NO2S. The fourth-order valence-corrected chi connectivity index (χ4v) is 2.77. The maximum Gasteiger partial charge on any atom is 0.303 e. The van der Waals surface area contributed by atoms with E-state index in [9.17, 15) is 4.79 Å². The average molecular weight is 261 g/mol. The van der Waals surface area contributed by atoms with Gasteiger partial charge in [0.05, 0.1) is 12.1 Å². The highest BCUT2D eigenvalue weighted by Gasteiger charge is 2.10. The zero-order chi connectivity index (χ0) is 13.1. The molecule has 0 spiro atoms. The first-order valence-corrected chi connectivity index (χ1v) is 6.63. The maximum atomic E-state index is 10.6. The van der Waals surface area contributed by atoms with Gasteiger partial charge in [-0.3, -0.25) is 4.79 Å². The Kier molecular flexibility index (Phi) is 3.77. The first-order valence-electron chi connectivity index (χ1n) is 5.81. The Morgan fingerprint density at radius 1 is 1.28 bits per heavy atom. The molecule has 0 saturated carbocycles. The van der Waals surface area contributed by atoms with Crippen molar-refractivity contribution in [1.82, 2.24) is 4.98 Å². The number of carbonyl (C=O) groups is 1. The van der Waals surface area contributed by atoms with Gasteiger partial charge in [0.15, 0.2) is 0 Å². The van der Waals surface area contributed by atoms with Crippen LogP contribution in [0.25, 0.3) is 10.6 Å². The number of hydrogen-bond donors (Lipinski definition) is 1. The Morgan fingerprint density at radius 2 is 1.94 bits per heavy atom. The van der Waals surface area contributed by atoms with Crippen LogP contribution < -0.4 is 0 Å². The van der Waals surface area contributed by atoms with E-state index in [1.807, 2.05) is 6.92 Å². The van der Waals surface area contributed by atoms with Crippen molar-refractivity contribution < 1.29 is 9.90 Å². The molecule has 0 radical (unpaired) electrons. The van der Waals surface area contributed by atoms with Gasteiger partial charge < -0.3 is 5.11 Å². The van der Waals surface area contributed by atoms with Crippen LogP contribution in [-0.2, 0) is 11.2 Å². The van der Waals surface area contributed by atoms with E-state index in [2.05, 4.69) is 36.2 Å². The molecule has 4 heteroatoms. The molecule has 1 heterocycles. The van der Waals surface area contributed by atoms with E-state index in [0.29, 0.717) is 6.42 Å². The summed E-state index contributed by atoms with van der Waals surface area (Å²) in [7, 11) is 0. The van der Waals surface area contributed by atoms with Gasteiger partial charge in [0.25, 0.3) is 0 Å². The Labute approximate surface area is 110 Å². The van der Waals surface area contributed by atoms with Gasteiger partial charge in [-0.1, -0.05) is 29.8 Å². The van der Waals surface area contributed by atoms with Crippen LogP contribution in [0.3, 0.4) is 0 Å². The number of carboxylic acid groups (broad SMARTS) is 1. The van der Waals surface area contributed by atoms with Crippen molar-refractivity contribution in [2.75, 3.05) is 0 Å². The third-order valence-corrected chi connectivity index (χ3v) is 4.02. The lowest BCUT2D eigenvalue weighted by atomic mass is 10.2. The summed E-state index contributed by atoms with van der Waals surface area (Å²) in [5.41, 5.74) is 3.25. The van der Waals surface area contributed by atoms with E-state index < -0.39 is 5.97 Å². The highest BCUT2D eigenvalue weighted by atomic mass is 32.1. The Bertz CT molecular complexity index is 558. The highest BCUT2D eigenvalue weighted by Crippen LogP contribution is 2.28. The number of aryl methyl sites for hydroxylation is 3. The van der Waals surface area contributed by atoms with Crippen molar-refractivity contribution >= 4 is 17.3 Å². The van der Waals surface area contributed by atoms with Crippen LogP contribution in [0, 0.1) is 13.8 Å². The predicted molar refractivity (Wildman–Crippen MR) is 73.0 cm³/mol. The molecule has 1 aromatic carbocycles. The largest absolute Gasteiger partial charge is 0.481 e. The van der Waals surface area contributed by atoms with E-state index in [4.69, 9.17) is 5.11 Å². The van der Waals surface area contributed by atoms with E-state index in [1.54, 1.807) is 11.3 Å². The van der Waals surface area contributed by atoms with Crippen LogP contribution in [0.1, 0.15) is 22.6 Å². The van der Waals surface area contributed by atoms with Gasteiger partial charge in [-0.25, -0.2) is 4.98 Å². The van der Waals surface area contributed by atoms with Gasteiger partial charge >= 0.3 is 5.97 Å². The predicted octanol–water partition coefficient (Wildman–Crippen LogP) is 3.44. The van der Waals surface area contributed by atoms with Crippen molar-refractivity contribution in [3.63, 3.8) is 0 Å². The first kappa shape index (κ1) is 12.8. The Balaban J connectivity index is 2.22. The number of aromatic nitrogens is 1. The molecule has 2 rings (SSSR count). The summed E-state index contributed by atoms with van der Waals surface area (Å²) in [6.45, 7) is 3.99. The van der Waals surface area contributed by atoms with Crippen LogP contribution in [0.15, 0.2) is 24.3 Å². The fourth-order valence-electron chi connectivity index (χ4n) is 1.70. The number of carboxylic acids is 1. The summed E-state index contributed by atoms with van der Waals surface area (Å²) in [6, 6.07) is 8.22. The Morgan fingerprint density at radius 3 is 2.56 bits per heavy atom. The molecule has 94 valence electrons. The molecule has 0 amide bonds. The summed E-state index contributed by atoms with van der Waals surface area (Å²) in [6.07, 6.45) is 0.723. The Hall–Kier alpha value is -1.68. The van der Waals surface area contributed by atoms with Gasteiger partial charge in [-0.05, 0) is 20.3 Å². The molecule has 0 fully saturated rings. The zero-order valence-corrected chi connectivity index (χ0v) is 11.3. The summed E-state index contributed by atoms with van der Waals surface area (Å²) < 4.78 is 0. The zero-order valence-electron chi connectivity index (χ0n) is 10.4. The normalized spacial score (nSPS) is 10.6. The lowest BCUT2D eigenvalue weighted by molar-refractivity contribution is -0.136. The molecule has 2 aromatic rings. The van der Waals surface area contributed by atoms with Gasteiger partial charge in [0.1, 0.15) is 5.01 Å². The number of nitrogens with zero attached hydrogens (tertiary/aromatic N) is 1. The SMILES string of the molecule is Cc1ccc(-c2nc(C)c(CCC(=O)O)s2)cc1. The van der Waals surface area contributed by atoms with Crippen LogP contribution >= 0.6 is 11.3 Å². The lowest BCUT2D eigenvalue weighted by Gasteiger charge is -1.96. The molecule has 0 bridgehead atoms. The smallest absolute Gasteiger partial charge is 0.303 e. The second-order valence-electron chi connectivity index (χ2n) is 4.29. The molecule has 0 aliphatic rings. The average Bonchev–Trinajstić information content (AvgIpc) is 2.69. The van der Waals surface area contributed by atoms with Crippen LogP contribution in [-0.4, -0.2) is 16.1 Å². The van der Waals surface area contributed by atoms with E-state index in [0.717, 1.165) is 21.1 Å². The third kappa shape index (κ3) is 2.96. The molecule has 18 heavy (non-hydrogen) atoms. The van der Waals surface area contributed by atoms with Crippen LogP contribution in [0.4, 0.5) is 0 Å². The number of hydrogen-bond acceptors (Lipinski definition) is 3. The summed E-state index contributed by atoms with van der Waals surface area (Å²) in [4.78, 5) is 16.2. The number of benzene rings is 1. The van der Waals surface area contributed by atoms with Gasteiger partial charge in [-0.2, -0.15) is 0 Å². The van der Waals surface area contributed by atoms with Crippen molar-refractivity contribution in [2.24, 2.45) is 0 Å². The van der Waals surface area contributed by atoms with E-state index in [1.165, 1.54) is 5.56 Å². The minimum atomic E-state index is -0.764. The second-order valence-corrected chi connectivity index (χ2v) is 5.37. The van der Waals surface area contributed by atoms with Gasteiger partial charge in [-0.15, -0.1) is 11.3 Å². The van der Waals surface area contributed by atoms with Crippen molar-refractivity contribution in [3.05, 3.63) is 40.4 Å². The molecule has 0 atom stereocenters. The maximum absolute atomic E-state index is 10.6. The summed E-state index contributed by atoms with van der Waals surface area (Å²) >= 11 is 1.59. The van der Waals surface area contributed by atoms with Crippen molar-refractivity contribution in [3.8, 4) is 10.6 Å². The summed E-state index contributed by atoms with van der Waals surface area (Å²) in [5, 5.41) is 9.67. The van der Waals surface area contributed by atoms with Crippen LogP contribution in [0.2, 0.25) is 0 Å². The molecule has 0 aliphatic heterocycles. The number of rotatable bonds is 4. The second kappa shape index (κ2) is 5.31. The minimum Gasteiger partial charge on any atom is -0.481 e. The topological polar surface area (TPSA) is 50.2 Å². The molecule has 0 saturated heterocycles. The monoisotopic (exact) mass is 261 g/mol. The van der Waals surface area contributed by atoms with Gasteiger partial charge in [0, 0.05) is 10.4 Å². The van der Waals surface area contributed by atoms with Gasteiger partial charge in [0.2, 0.25) is 0 Å². The van der Waals surface area contributed by atoms with E-state index >= 15 is 0 Å². The highest BCUT2D eigenvalue weighted by molar-refractivity contribution is 7.15. The molecule has 1 N–H and O–H groups in total. The number of aliphatic carboxylic acids is 1. The number of thiazole rings is 1. The molecular weight excluding hydrogens is 246 g/mol. The summed E-state index contributed by atoms with van der Waals surface area (Å²) in [5.74, 6) is -0.764. The standard InChI is InChI=1S/C14H15NO2S/c1-9-3-5-11(6-4-9)14-15-10(2)12(18-14)7-8-13(16)17/h3-6H,7-8H2,1-2H3,(H,16,17). The van der Waals surface area contributed by atoms with Crippen LogP contribution in [0.5, 0.6) is 0 Å². The molecule has 0 unspecified atom stereocenters. The fraction of sp³-hybridized carbons (Fsp3) is 0.286. The first-order chi connectivity index (χ1) is 8.56. The quantitative estimate of drug-likeness (QED) is 0.917. The van der Waals surface area contributed by atoms with Crippen molar-refractivity contribution in [2.45, 2.75) is 26.7 Å². The van der Waals surface area contributed by atoms with Crippen molar-refractivity contribution in [1.29, 1.82) is 0 Å². The lowest BCUT2D eigenvalue weighted by Crippen LogP contribution is -1.96. The molecule has 3 nitrogen and oxygen atoms in total. The molecule has 0 aliphatic carbocycles. The molecule has 1 aromatic heterocycles.